The topological polar surface area (TPSA) is 71.1 Å². The molecule has 1 aromatic heterocycles. The van der Waals surface area contributed by atoms with Crippen LogP contribution in [0.1, 0.15) is 41.7 Å². The van der Waals surface area contributed by atoms with Crippen molar-refractivity contribution in [2.24, 2.45) is 0 Å². The lowest BCUT2D eigenvalue weighted by molar-refractivity contribution is -0.123. The molecule has 26 heavy (non-hydrogen) atoms. The maximum Gasteiger partial charge on any atom is 0.288 e. The zero-order valence-corrected chi connectivity index (χ0v) is 14.6. The van der Waals surface area contributed by atoms with Crippen molar-refractivity contribution in [2.45, 2.75) is 25.7 Å². The molecule has 2 aromatic carbocycles. The molecule has 3 aromatic rings. The molecule has 0 fully saturated rings. The van der Waals surface area contributed by atoms with Gasteiger partial charge in [-0.3, -0.25) is 20.4 Å². The van der Waals surface area contributed by atoms with Crippen LogP contribution in [0, 0.1) is 0 Å². The highest BCUT2D eigenvalue weighted by atomic mass is 16.2. The predicted molar refractivity (Wildman–Crippen MR) is 101 cm³/mol. The predicted octanol–water partition coefficient (Wildman–Crippen LogP) is 3.58. The van der Waals surface area contributed by atoms with Crippen LogP contribution in [0.2, 0.25) is 0 Å². The second-order valence-corrected chi connectivity index (χ2v) is 6.08. The summed E-state index contributed by atoms with van der Waals surface area (Å²) in [7, 11) is 0. The monoisotopic (exact) mass is 347 g/mol. The fourth-order valence-electron chi connectivity index (χ4n) is 2.89. The van der Waals surface area contributed by atoms with E-state index < -0.39 is 5.91 Å². The van der Waals surface area contributed by atoms with Crippen LogP contribution in [0.15, 0.2) is 66.7 Å². The minimum absolute atomic E-state index is 0.229. The second kappa shape index (κ2) is 8.25. The van der Waals surface area contributed by atoms with Gasteiger partial charge in [0.05, 0.1) is 11.4 Å². The van der Waals surface area contributed by atoms with E-state index in [1.54, 1.807) is 6.07 Å². The lowest BCUT2D eigenvalue weighted by Crippen LogP contribution is -2.44. The number of pyridine rings is 1. The van der Waals surface area contributed by atoms with Crippen molar-refractivity contribution >= 4 is 22.7 Å². The van der Waals surface area contributed by atoms with Gasteiger partial charge in [-0.15, -0.1) is 0 Å². The third-order valence-corrected chi connectivity index (χ3v) is 4.23. The molecule has 1 unspecified atom stereocenters. The molecule has 5 nitrogen and oxygen atoms in total. The number of hydrogen-bond donors (Lipinski definition) is 2. The summed E-state index contributed by atoms with van der Waals surface area (Å²) in [5, 5.41) is 0.958. The summed E-state index contributed by atoms with van der Waals surface area (Å²) in [5.41, 5.74) is 6.94. The van der Waals surface area contributed by atoms with Crippen LogP contribution >= 0.6 is 0 Å². The molecule has 2 N–H and O–H groups in total. The van der Waals surface area contributed by atoms with E-state index in [1.807, 2.05) is 67.6 Å². The number of fused-ring (bicyclic) bond motifs is 1. The molecule has 5 heteroatoms. The van der Waals surface area contributed by atoms with Crippen molar-refractivity contribution in [1.29, 1.82) is 0 Å². The quantitative estimate of drug-likeness (QED) is 0.693. The van der Waals surface area contributed by atoms with E-state index in [9.17, 15) is 9.59 Å². The van der Waals surface area contributed by atoms with Crippen LogP contribution in [0.3, 0.4) is 0 Å². The maximum absolute atomic E-state index is 12.5. The standard InChI is InChI=1S/C21H21N3O2/c1-2-8-17(15-9-4-3-5-10-15)20(25)23-24-21(26)19-14-13-16-11-6-7-12-18(16)22-19/h3-7,9-14,17H,2,8H2,1H3,(H,23,25)(H,24,26). The Morgan fingerprint density at radius 3 is 2.42 bits per heavy atom. The van der Waals surface area contributed by atoms with Gasteiger partial charge >= 0.3 is 0 Å². The van der Waals surface area contributed by atoms with Crippen molar-refractivity contribution in [3.63, 3.8) is 0 Å². The van der Waals surface area contributed by atoms with Gasteiger partial charge in [-0.05, 0) is 24.1 Å². The number of carbonyl (C=O) groups excluding carboxylic acids is 2. The Balaban J connectivity index is 1.67. The number of aromatic nitrogens is 1. The van der Waals surface area contributed by atoms with E-state index in [0.29, 0.717) is 6.42 Å². The number of amides is 2. The third-order valence-electron chi connectivity index (χ3n) is 4.23. The summed E-state index contributed by atoms with van der Waals surface area (Å²) in [6.45, 7) is 2.03. The molecule has 0 bridgehead atoms. The maximum atomic E-state index is 12.5. The van der Waals surface area contributed by atoms with Gasteiger partial charge in [0.15, 0.2) is 0 Å². The largest absolute Gasteiger partial charge is 0.288 e. The second-order valence-electron chi connectivity index (χ2n) is 6.08. The fourth-order valence-corrected chi connectivity index (χ4v) is 2.89. The van der Waals surface area contributed by atoms with Gasteiger partial charge < -0.3 is 0 Å². The first-order chi connectivity index (χ1) is 12.7. The molecule has 1 heterocycles. The van der Waals surface area contributed by atoms with Gasteiger partial charge in [-0.1, -0.05) is 67.9 Å². The van der Waals surface area contributed by atoms with Gasteiger partial charge in [0.2, 0.25) is 5.91 Å². The third kappa shape index (κ3) is 4.06. The van der Waals surface area contributed by atoms with Crippen LogP contribution in [0.4, 0.5) is 0 Å². The Bertz CT molecular complexity index is 909. The van der Waals surface area contributed by atoms with Crippen molar-refractivity contribution in [2.75, 3.05) is 0 Å². The molecule has 0 spiro atoms. The van der Waals surface area contributed by atoms with Crippen LogP contribution in [-0.2, 0) is 4.79 Å². The summed E-state index contributed by atoms with van der Waals surface area (Å²) in [5.74, 6) is -0.967. The lowest BCUT2D eigenvalue weighted by atomic mass is 9.94. The Morgan fingerprint density at radius 2 is 1.65 bits per heavy atom. The smallest absolute Gasteiger partial charge is 0.273 e. The van der Waals surface area contributed by atoms with Crippen LogP contribution < -0.4 is 10.9 Å². The molecule has 1 atom stereocenters. The Kier molecular flexibility index (Phi) is 5.59. The average molecular weight is 347 g/mol. The normalized spacial score (nSPS) is 11.7. The molecule has 0 saturated heterocycles. The molecule has 0 radical (unpaired) electrons. The number of carbonyl (C=O) groups is 2. The summed E-state index contributed by atoms with van der Waals surface area (Å²) >= 11 is 0. The molecule has 2 amide bonds. The molecule has 3 rings (SSSR count). The molecular formula is C21H21N3O2. The minimum atomic E-state index is -0.438. The number of nitrogens with zero attached hydrogens (tertiary/aromatic N) is 1. The SMILES string of the molecule is CCCC(C(=O)NNC(=O)c1ccc2ccccc2n1)c1ccccc1. The first-order valence-corrected chi connectivity index (χ1v) is 8.70. The highest BCUT2D eigenvalue weighted by Crippen LogP contribution is 2.21. The molecular weight excluding hydrogens is 326 g/mol. The highest BCUT2D eigenvalue weighted by Gasteiger charge is 2.20. The van der Waals surface area contributed by atoms with E-state index in [0.717, 1.165) is 22.9 Å². The van der Waals surface area contributed by atoms with Gasteiger partial charge in [-0.2, -0.15) is 0 Å². The van der Waals surface area contributed by atoms with Crippen molar-refractivity contribution < 1.29 is 9.59 Å². The lowest BCUT2D eigenvalue weighted by Gasteiger charge is -2.17. The van der Waals surface area contributed by atoms with Crippen molar-refractivity contribution in [3.8, 4) is 0 Å². The van der Waals surface area contributed by atoms with E-state index in [2.05, 4.69) is 15.8 Å². The van der Waals surface area contributed by atoms with Crippen LogP contribution in [0.25, 0.3) is 10.9 Å². The van der Waals surface area contributed by atoms with E-state index in [4.69, 9.17) is 0 Å². The van der Waals surface area contributed by atoms with E-state index in [-0.39, 0.29) is 17.5 Å². The van der Waals surface area contributed by atoms with Gasteiger partial charge in [-0.25, -0.2) is 4.98 Å². The zero-order chi connectivity index (χ0) is 18.4. The van der Waals surface area contributed by atoms with Crippen LogP contribution in [-0.4, -0.2) is 16.8 Å². The van der Waals surface area contributed by atoms with Gasteiger partial charge in [0.25, 0.3) is 5.91 Å². The number of rotatable bonds is 5. The summed E-state index contributed by atoms with van der Waals surface area (Å²) in [4.78, 5) is 29.2. The number of hydrazine groups is 1. The summed E-state index contributed by atoms with van der Waals surface area (Å²) in [6.07, 6.45) is 1.58. The molecule has 0 aliphatic heterocycles. The first-order valence-electron chi connectivity index (χ1n) is 8.70. The molecule has 0 aliphatic carbocycles. The summed E-state index contributed by atoms with van der Waals surface area (Å²) in [6, 6.07) is 20.6. The average Bonchev–Trinajstić information content (AvgIpc) is 2.70. The Labute approximate surface area is 152 Å². The molecule has 132 valence electrons. The van der Waals surface area contributed by atoms with Crippen LogP contribution in [0.5, 0.6) is 0 Å². The van der Waals surface area contributed by atoms with Gasteiger partial charge in [0, 0.05) is 5.39 Å². The summed E-state index contributed by atoms with van der Waals surface area (Å²) < 4.78 is 0. The molecule has 0 aliphatic rings. The van der Waals surface area contributed by atoms with Crippen molar-refractivity contribution in [3.05, 3.63) is 78.0 Å². The number of hydrogen-bond acceptors (Lipinski definition) is 3. The first kappa shape index (κ1) is 17.6. The number of benzene rings is 2. The molecule has 0 saturated carbocycles. The van der Waals surface area contributed by atoms with E-state index in [1.165, 1.54) is 0 Å². The highest BCUT2D eigenvalue weighted by molar-refractivity contribution is 5.96. The van der Waals surface area contributed by atoms with Gasteiger partial charge in [0.1, 0.15) is 5.69 Å². The fraction of sp³-hybridized carbons (Fsp3) is 0.190. The number of para-hydroxylation sites is 1. The Hall–Kier alpha value is -3.21. The minimum Gasteiger partial charge on any atom is -0.273 e. The van der Waals surface area contributed by atoms with E-state index >= 15 is 0 Å². The zero-order valence-electron chi connectivity index (χ0n) is 14.6. The van der Waals surface area contributed by atoms with Crippen molar-refractivity contribution in [1.82, 2.24) is 15.8 Å². The Morgan fingerprint density at radius 1 is 0.923 bits per heavy atom. The number of nitrogens with one attached hydrogen (secondary N) is 2.